The Morgan fingerprint density at radius 1 is 0.520 bits per heavy atom. The van der Waals surface area contributed by atoms with Crippen LogP contribution in [0.1, 0.15) is 76.0 Å². The van der Waals surface area contributed by atoms with Gasteiger partial charge in [0.25, 0.3) is 0 Å². The van der Waals surface area contributed by atoms with Crippen LogP contribution in [0.5, 0.6) is 0 Å². The Bertz CT molecular complexity index is 502. The van der Waals surface area contributed by atoms with E-state index in [9.17, 15) is 0 Å². The van der Waals surface area contributed by atoms with E-state index in [0.717, 1.165) is 0 Å². The fraction of sp³-hybridized carbons (Fsp3) is 0.375. The SMILES string of the molecule is CC(C)c1ccc[cH-]1.CC(C)c1ccc[cH-]1.CC(C)c1ccc[cH-]1.[Pr]. The Hall–Kier alpha value is -0.586. The Morgan fingerprint density at radius 3 is 0.840 bits per heavy atom. The van der Waals surface area contributed by atoms with Crippen molar-refractivity contribution in [3.05, 3.63) is 89.5 Å². The molecular weight excluding hydrogens is 429 g/mol. The summed E-state index contributed by atoms with van der Waals surface area (Å²) in [5.74, 6) is 2.06. The van der Waals surface area contributed by atoms with Crippen LogP contribution in [0.3, 0.4) is 0 Å². The van der Waals surface area contributed by atoms with E-state index in [4.69, 9.17) is 0 Å². The van der Waals surface area contributed by atoms with Crippen LogP contribution < -0.4 is 0 Å². The first kappa shape index (κ1) is 24.4. The summed E-state index contributed by atoms with van der Waals surface area (Å²) in [6.07, 6.45) is 0. The first-order valence-corrected chi connectivity index (χ1v) is 9.06. The summed E-state index contributed by atoms with van der Waals surface area (Å²) in [6, 6.07) is 25.4. The molecule has 0 aliphatic heterocycles. The minimum absolute atomic E-state index is 0. The van der Waals surface area contributed by atoms with Gasteiger partial charge in [0.15, 0.2) is 0 Å². The van der Waals surface area contributed by atoms with E-state index >= 15 is 0 Å². The predicted octanol–water partition coefficient (Wildman–Crippen LogP) is 7.59. The summed E-state index contributed by atoms with van der Waals surface area (Å²) < 4.78 is 0. The van der Waals surface area contributed by atoms with Crippen LogP contribution in [0.4, 0.5) is 0 Å². The van der Waals surface area contributed by atoms with E-state index < -0.39 is 0 Å². The summed E-state index contributed by atoms with van der Waals surface area (Å²) in [5, 5.41) is 0. The first-order valence-electron chi connectivity index (χ1n) is 9.06. The van der Waals surface area contributed by atoms with E-state index in [-0.39, 0.29) is 41.3 Å². The van der Waals surface area contributed by atoms with Gasteiger partial charge in [0.05, 0.1) is 0 Å². The van der Waals surface area contributed by atoms with Crippen LogP contribution >= 0.6 is 0 Å². The number of hydrogen-bond acceptors (Lipinski definition) is 0. The molecule has 0 saturated heterocycles. The van der Waals surface area contributed by atoms with Crippen LogP contribution in [0.2, 0.25) is 0 Å². The summed E-state index contributed by atoms with van der Waals surface area (Å²) in [5.41, 5.74) is 4.31. The fourth-order valence-electron chi connectivity index (χ4n) is 2.32. The van der Waals surface area contributed by atoms with Gasteiger partial charge < -0.3 is 0 Å². The molecule has 0 fully saturated rings. The van der Waals surface area contributed by atoms with Gasteiger partial charge in [-0.1, -0.05) is 41.5 Å². The van der Waals surface area contributed by atoms with E-state index in [1.54, 1.807) is 0 Å². The molecule has 3 aromatic rings. The molecule has 25 heavy (non-hydrogen) atoms. The van der Waals surface area contributed by atoms with Gasteiger partial charge in [0.1, 0.15) is 0 Å². The second kappa shape index (κ2) is 13.6. The van der Waals surface area contributed by atoms with Gasteiger partial charge in [-0.2, -0.15) is 53.1 Å². The molecule has 0 atom stereocenters. The summed E-state index contributed by atoms with van der Waals surface area (Å²) >= 11 is 0. The second-order valence-electron chi connectivity index (χ2n) is 7.12. The van der Waals surface area contributed by atoms with Gasteiger partial charge in [-0.25, -0.2) is 36.4 Å². The summed E-state index contributed by atoms with van der Waals surface area (Å²) in [6.45, 7) is 13.2. The zero-order valence-corrected chi connectivity index (χ0v) is 20.4. The quantitative estimate of drug-likeness (QED) is 0.352. The van der Waals surface area contributed by atoms with E-state index in [2.05, 4.69) is 114 Å². The summed E-state index contributed by atoms with van der Waals surface area (Å²) in [7, 11) is 0. The molecule has 3 aromatic carbocycles. The average Bonchev–Trinajstić information content (AvgIpc) is 3.29. The predicted molar refractivity (Wildman–Crippen MR) is 108 cm³/mol. The molecular formula is C24H33Pr-3. The van der Waals surface area contributed by atoms with Crippen molar-refractivity contribution in [2.75, 3.05) is 0 Å². The molecule has 0 aliphatic carbocycles. The molecule has 3 rings (SSSR count). The molecule has 0 saturated carbocycles. The number of hydrogen-bond donors (Lipinski definition) is 0. The first-order chi connectivity index (χ1) is 11.4. The van der Waals surface area contributed by atoms with Gasteiger partial charge in [0.2, 0.25) is 0 Å². The van der Waals surface area contributed by atoms with Gasteiger partial charge in [-0.05, 0) is 17.8 Å². The van der Waals surface area contributed by atoms with Gasteiger partial charge in [0, 0.05) is 41.3 Å². The molecule has 0 unspecified atom stereocenters. The van der Waals surface area contributed by atoms with Gasteiger partial charge >= 0.3 is 0 Å². The van der Waals surface area contributed by atoms with Crippen LogP contribution in [0, 0.1) is 41.3 Å². The maximum atomic E-state index is 2.20. The fourth-order valence-corrected chi connectivity index (χ4v) is 2.32. The van der Waals surface area contributed by atoms with Crippen molar-refractivity contribution in [3.8, 4) is 0 Å². The van der Waals surface area contributed by atoms with Crippen molar-refractivity contribution in [2.24, 2.45) is 0 Å². The third-order valence-electron chi connectivity index (χ3n) is 4.07. The third-order valence-corrected chi connectivity index (χ3v) is 4.07. The zero-order valence-electron chi connectivity index (χ0n) is 16.7. The van der Waals surface area contributed by atoms with Crippen LogP contribution in [0.15, 0.2) is 72.8 Å². The molecule has 0 heterocycles. The zero-order chi connectivity index (χ0) is 17.9. The van der Waals surface area contributed by atoms with Crippen LogP contribution in [-0.2, 0) is 0 Å². The van der Waals surface area contributed by atoms with Crippen molar-refractivity contribution in [1.29, 1.82) is 0 Å². The second-order valence-corrected chi connectivity index (χ2v) is 7.12. The monoisotopic (exact) mass is 462 g/mol. The Kier molecular flexibility index (Phi) is 13.3. The standard InChI is InChI=1S/3C8H11.Pr/c3*1-7(2)8-5-3-4-6-8;/h3*3-7H,1-2H3;/q3*-1;. The largest absolute Gasteiger partial charge is 0.213 e. The molecule has 0 nitrogen and oxygen atoms in total. The Morgan fingerprint density at radius 2 is 0.760 bits per heavy atom. The molecule has 1 heteroatoms. The number of rotatable bonds is 3. The minimum atomic E-state index is 0. The van der Waals surface area contributed by atoms with Crippen molar-refractivity contribution in [3.63, 3.8) is 0 Å². The molecule has 0 spiro atoms. The molecule has 135 valence electrons. The maximum absolute atomic E-state index is 2.20. The normalized spacial score (nSPS) is 9.96. The molecule has 0 bridgehead atoms. The molecule has 0 aliphatic rings. The van der Waals surface area contributed by atoms with Gasteiger partial charge in [-0.15, -0.1) is 0 Å². The third kappa shape index (κ3) is 10.2. The Labute approximate surface area is 188 Å². The summed E-state index contributed by atoms with van der Waals surface area (Å²) in [4.78, 5) is 0. The van der Waals surface area contributed by atoms with Crippen molar-refractivity contribution in [2.45, 2.75) is 59.3 Å². The molecule has 1 radical (unpaired) electrons. The Balaban J connectivity index is 0.000000339. The van der Waals surface area contributed by atoms with E-state index in [1.807, 2.05) is 0 Å². The van der Waals surface area contributed by atoms with Gasteiger partial charge in [-0.3, -0.25) is 0 Å². The van der Waals surface area contributed by atoms with Crippen LogP contribution in [-0.4, -0.2) is 0 Å². The van der Waals surface area contributed by atoms with Crippen molar-refractivity contribution >= 4 is 0 Å². The topological polar surface area (TPSA) is 0 Å². The molecule has 0 amide bonds. The average molecular weight is 462 g/mol. The van der Waals surface area contributed by atoms with E-state index in [1.165, 1.54) is 16.7 Å². The van der Waals surface area contributed by atoms with Crippen molar-refractivity contribution in [1.82, 2.24) is 0 Å². The van der Waals surface area contributed by atoms with Crippen LogP contribution in [0.25, 0.3) is 0 Å². The molecule has 0 aromatic heterocycles. The minimum Gasteiger partial charge on any atom is -0.213 e. The van der Waals surface area contributed by atoms with Crippen molar-refractivity contribution < 1.29 is 41.3 Å². The smallest absolute Gasteiger partial charge is 0 e. The van der Waals surface area contributed by atoms with E-state index in [0.29, 0.717) is 17.8 Å². The molecule has 0 N–H and O–H groups in total. The maximum Gasteiger partial charge on any atom is 0 e.